The Morgan fingerprint density at radius 1 is 1.03 bits per heavy atom. The molecule has 2 N–H and O–H groups in total. The molecule has 6 rings (SSSR count). The van der Waals surface area contributed by atoms with Gasteiger partial charge in [-0.25, -0.2) is 4.39 Å². The van der Waals surface area contributed by atoms with E-state index in [1.165, 1.54) is 6.07 Å². The number of rotatable bonds is 4. The summed E-state index contributed by atoms with van der Waals surface area (Å²) in [6.07, 6.45) is -1.74. The van der Waals surface area contributed by atoms with Gasteiger partial charge in [0, 0.05) is 11.1 Å². The minimum Gasteiger partial charge on any atom is -0.456 e. The van der Waals surface area contributed by atoms with Gasteiger partial charge >= 0.3 is 0 Å². The number of hydrogen-bond donors (Lipinski definition) is 2. The average molecular weight is 492 g/mol. The van der Waals surface area contributed by atoms with Gasteiger partial charge in [0.05, 0.1) is 40.9 Å². The van der Waals surface area contributed by atoms with E-state index < -0.39 is 11.9 Å². The third-order valence-electron chi connectivity index (χ3n) is 6.40. The van der Waals surface area contributed by atoms with Crippen molar-refractivity contribution < 1.29 is 23.7 Å². The highest BCUT2D eigenvalue weighted by Crippen LogP contribution is 2.35. The number of hydrogen-bond acceptors (Lipinski definition) is 6. The van der Waals surface area contributed by atoms with Crippen LogP contribution in [-0.2, 0) is 9.47 Å². The van der Waals surface area contributed by atoms with Gasteiger partial charge in [0.15, 0.2) is 6.10 Å². The maximum atomic E-state index is 14.4. The first-order valence-corrected chi connectivity index (χ1v) is 11.5. The van der Waals surface area contributed by atoms with Crippen molar-refractivity contribution in [3.05, 3.63) is 71.0 Å². The third kappa shape index (κ3) is 3.93. The molecule has 4 atom stereocenters. The molecule has 9 heteroatoms. The topological polar surface area (TPSA) is 100 Å². The molecular weight excluding hydrogens is 473 g/mol. The molecule has 1 aromatic heterocycles. The Hall–Kier alpha value is -3.48. The van der Waals surface area contributed by atoms with Crippen molar-refractivity contribution in [2.45, 2.75) is 24.4 Å². The van der Waals surface area contributed by atoms with Crippen LogP contribution in [0.25, 0.3) is 33.3 Å². The number of nitrogens with one attached hydrogen (secondary N) is 1. The number of nitrogens with zero attached hydrogens (tertiary/aromatic N) is 2. The first-order chi connectivity index (χ1) is 17.0. The maximum absolute atomic E-state index is 14.4. The van der Waals surface area contributed by atoms with Crippen LogP contribution in [0.5, 0.6) is 6.01 Å². The number of imidazole rings is 1. The molecule has 0 amide bonds. The van der Waals surface area contributed by atoms with Gasteiger partial charge in [-0.3, -0.25) is 0 Å². The molecule has 2 fully saturated rings. The van der Waals surface area contributed by atoms with Gasteiger partial charge < -0.3 is 24.3 Å². The highest BCUT2D eigenvalue weighted by atomic mass is 35.5. The van der Waals surface area contributed by atoms with E-state index in [-0.39, 0.29) is 30.5 Å². The molecule has 0 unspecified atom stereocenters. The fourth-order valence-corrected chi connectivity index (χ4v) is 4.89. The second-order valence-electron chi connectivity index (χ2n) is 8.59. The van der Waals surface area contributed by atoms with E-state index in [4.69, 9.17) is 31.1 Å². The fourth-order valence-electron chi connectivity index (χ4n) is 4.62. The number of halogens is 2. The predicted molar refractivity (Wildman–Crippen MR) is 127 cm³/mol. The SMILES string of the molecule is N#Cc1ccc(-c2ccc(-c3cc4nc(O[C@@H]5CO[C@H]6[C@@H]5OC[C@H]6O)[nH]c4cc3Cl)cc2)c(F)c1. The number of aromatic nitrogens is 2. The Morgan fingerprint density at radius 3 is 2.51 bits per heavy atom. The van der Waals surface area contributed by atoms with Crippen molar-refractivity contribution >= 4 is 22.6 Å². The Bertz CT molecular complexity index is 1470. The van der Waals surface area contributed by atoms with Crippen LogP contribution in [0.2, 0.25) is 5.02 Å². The van der Waals surface area contributed by atoms with Gasteiger partial charge in [-0.1, -0.05) is 41.9 Å². The van der Waals surface area contributed by atoms with E-state index in [1.807, 2.05) is 36.4 Å². The van der Waals surface area contributed by atoms with Crippen molar-refractivity contribution in [3.63, 3.8) is 0 Å². The van der Waals surface area contributed by atoms with E-state index in [9.17, 15) is 9.50 Å². The fraction of sp³-hybridized carbons (Fsp3) is 0.231. The number of fused-ring (bicyclic) bond motifs is 2. The Morgan fingerprint density at radius 2 is 1.77 bits per heavy atom. The molecule has 2 aliphatic heterocycles. The summed E-state index contributed by atoms with van der Waals surface area (Å²) in [5, 5.41) is 19.4. The zero-order valence-corrected chi connectivity index (χ0v) is 19.0. The third-order valence-corrected chi connectivity index (χ3v) is 6.71. The quantitative estimate of drug-likeness (QED) is 0.437. The first-order valence-electron chi connectivity index (χ1n) is 11.1. The van der Waals surface area contributed by atoms with Crippen LogP contribution in [0.3, 0.4) is 0 Å². The van der Waals surface area contributed by atoms with E-state index >= 15 is 0 Å². The van der Waals surface area contributed by atoms with Gasteiger partial charge in [0.2, 0.25) is 0 Å². The summed E-state index contributed by atoms with van der Waals surface area (Å²) in [4.78, 5) is 7.67. The molecule has 176 valence electrons. The smallest absolute Gasteiger partial charge is 0.295 e. The average Bonchev–Trinajstić information content (AvgIpc) is 3.55. The van der Waals surface area contributed by atoms with Crippen molar-refractivity contribution in [1.82, 2.24) is 9.97 Å². The van der Waals surface area contributed by atoms with E-state index in [2.05, 4.69) is 9.97 Å². The van der Waals surface area contributed by atoms with Crippen LogP contribution < -0.4 is 4.74 Å². The summed E-state index contributed by atoms with van der Waals surface area (Å²) < 4.78 is 31.6. The summed E-state index contributed by atoms with van der Waals surface area (Å²) >= 11 is 6.57. The van der Waals surface area contributed by atoms with Gasteiger partial charge in [-0.2, -0.15) is 10.2 Å². The molecule has 0 bridgehead atoms. The maximum Gasteiger partial charge on any atom is 0.295 e. The molecule has 0 spiro atoms. The highest BCUT2D eigenvalue weighted by molar-refractivity contribution is 6.34. The molecule has 0 aliphatic carbocycles. The van der Waals surface area contributed by atoms with Gasteiger partial charge in [-0.15, -0.1) is 0 Å². The van der Waals surface area contributed by atoms with Crippen LogP contribution in [0.1, 0.15) is 5.56 Å². The molecule has 2 aliphatic rings. The molecule has 35 heavy (non-hydrogen) atoms. The summed E-state index contributed by atoms with van der Waals surface area (Å²) in [7, 11) is 0. The summed E-state index contributed by atoms with van der Waals surface area (Å²) in [6.45, 7) is 0.534. The van der Waals surface area contributed by atoms with Crippen LogP contribution >= 0.6 is 11.6 Å². The second-order valence-corrected chi connectivity index (χ2v) is 9.00. The zero-order valence-electron chi connectivity index (χ0n) is 18.2. The van der Waals surface area contributed by atoms with Crippen molar-refractivity contribution in [1.29, 1.82) is 5.26 Å². The molecule has 7 nitrogen and oxygen atoms in total. The molecule has 0 saturated carbocycles. The monoisotopic (exact) mass is 491 g/mol. The lowest BCUT2D eigenvalue weighted by atomic mass is 9.99. The van der Waals surface area contributed by atoms with Gasteiger partial charge in [0.1, 0.15) is 24.1 Å². The molecule has 3 aromatic carbocycles. The van der Waals surface area contributed by atoms with E-state index in [0.29, 0.717) is 39.8 Å². The number of benzene rings is 3. The van der Waals surface area contributed by atoms with Crippen LogP contribution in [-0.4, -0.2) is 52.7 Å². The number of aliphatic hydroxyl groups is 1. The van der Waals surface area contributed by atoms with E-state index in [1.54, 1.807) is 18.2 Å². The molecule has 3 heterocycles. The second kappa shape index (κ2) is 8.63. The summed E-state index contributed by atoms with van der Waals surface area (Å²) in [6, 6.07) is 17.7. The molecule has 2 saturated heterocycles. The lowest BCUT2D eigenvalue weighted by Crippen LogP contribution is -2.34. The number of H-pyrrole nitrogens is 1. The van der Waals surface area contributed by atoms with Crippen LogP contribution in [0.4, 0.5) is 4.39 Å². The predicted octanol–water partition coefficient (Wildman–Crippen LogP) is 4.47. The molecular formula is C26H19ClFN3O4. The number of aliphatic hydroxyl groups excluding tert-OH is 1. The van der Waals surface area contributed by atoms with Crippen molar-refractivity contribution in [2.24, 2.45) is 0 Å². The van der Waals surface area contributed by atoms with E-state index in [0.717, 1.165) is 11.1 Å². The standard InChI is InChI=1S/C26H19ClFN3O4/c27-18-9-21-20(30-26(31-21)35-23-12-34-24-22(32)11-33-25(23)24)8-17(18)15-4-2-14(3-5-15)16-6-1-13(10-29)7-19(16)28/h1-9,22-25,32H,11-12H2,(H,30,31)/t22-,23-,24-,25-/m1/s1. The lowest BCUT2D eigenvalue weighted by molar-refractivity contribution is 0.00706. The summed E-state index contributed by atoms with van der Waals surface area (Å²) in [5.41, 5.74) is 4.40. The Kier molecular flexibility index (Phi) is 5.43. The van der Waals surface area contributed by atoms with Crippen LogP contribution in [0.15, 0.2) is 54.6 Å². The summed E-state index contributed by atoms with van der Waals surface area (Å²) in [5.74, 6) is -0.447. The van der Waals surface area contributed by atoms with Crippen molar-refractivity contribution in [3.8, 4) is 34.3 Å². The Balaban J connectivity index is 1.25. The van der Waals surface area contributed by atoms with Gasteiger partial charge in [-0.05, 0) is 35.4 Å². The molecule has 0 radical (unpaired) electrons. The Labute approximate surface area is 204 Å². The van der Waals surface area contributed by atoms with Crippen molar-refractivity contribution in [2.75, 3.05) is 13.2 Å². The van der Waals surface area contributed by atoms with Crippen LogP contribution in [0, 0.1) is 17.1 Å². The van der Waals surface area contributed by atoms with Gasteiger partial charge in [0.25, 0.3) is 6.01 Å². The minimum absolute atomic E-state index is 0.227. The first kappa shape index (κ1) is 22.0. The largest absolute Gasteiger partial charge is 0.456 e. The highest BCUT2D eigenvalue weighted by Gasteiger charge is 2.48. The number of ether oxygens (including phenoxy) is 3. The minimum atomic E-state index is -0.648. The molecule has 4 aromatic rings. The normalized spacial score (nSPS) is 23.4. The zero-order chi connectivity index (χ0) is 24.1. The number of aromatic amines is 1. The number of nitriles is 1. The lowest BCUT2D eigenvalue weighted by Gasteiger charge is -2.15.